The second-order valence-corrected chi connectivity index (χ2v) is 5.78. The lowest BCUT2D eigenvalue weighted by Crippen LogP contribution is -2.54. The third-order valence-corrected chi connectivity index (χ3v) is 4.16. The molecule has 0 aliphatic carbocycles. The minimum absolute atomic E-state index is 0.0845. The molecule has 132 valence electrons. The van der Waals surface area contributed by atoms with Gasteiger partial charge in [0, 0.05) is 19.6 Å². The number of ether oxygens (including phenoxy) is 2. The highest BCUT2D eigenvalue weighted by atomic mass is 16.5. The van der Waals surface area contributed by atoms with Crippen LogP contribution in [0.5, 0.6) is 11.5 Å². The number of hydrogen-bond acceptors (Lipinski definition) is 5. The van der Waals surface area contributed by atoms with Gasteiger partial charge in [-0.15, -0.1) is 0 Å². The highest BCUT2D eigenvalue weighted by Gasteiger charge is 2.28. The van der Waals surface area contributed by atoms with E-state index in [2.05, 4.69) is 10.6 Å². The Morgan fingerprint density at radius 3 is 2.75 bits per heavy atom. The summed E-state index contributed by atoms with van der Waals surface area (Å²) in [4.78, 5) is 25.8. The van der Waals surface area contributed by atoms with Crippen molar-refractivity contribution in [1.82, 2.24) is 15.5 Å². The molecule has 0 unspecified atom stereocenters. The molecule has 1 aromatic carbocycles. The summed E-state index contributed by atoms with van der Waals surface area (Å²) in [5.74, 6) is 1.14. The van der Waals surface area contributed by atoms with Gasteiger partial charge in [-0.3, -0.25) is 14.5 Å². The normalized spacial score (nSPS) is 18.0. The number of benzene rings is 1. The Kier molecular flexibility index (Phi) is 6.43. The summed E-state index contributed by atoms with van der Waals surface area (Å²) in [6.07, 6.45) is 0.854. The van der Waals surface area contributed by atoms with E-state index in [1.807, 2.05) is 30.1 Å². The molecule has 1 saturated heterocycles. The lowest BCUT2D eigenvalue weighted by molar-refractivity contribution is -0.133. The number of likely N-dealkylation sites (N-methyl/N-ethyl adjacent to an activating group) is 1. The molecule has 2 amide bonds. The van der Waals surface area contributed by atoms with Crippen molar-refractivity contribution in [2.45, 2.75) is 18.9 Å². The molecule has 0 spiro atoms. The quantitative estimate of drug-likeness (QED) is 0.743. The summed E-state index contributed by atoms with van der Waals surface area (Å²) in [6.45, 7) is 1.90. The smallest absolute Gasteiger partial charge is 0.237 e. The van der Waals surface area contributed by atoms with Gasteiger partial charge in [0.15, 0.2) is 11.5 Å². The Bertz CT molecular complexity index is 591. The second-order valence-electron chi connectivity index (χ2n) is 5.78. The van der Waals surface area contributed by atoms with Crippen molar-refractivity contribution in [2.24, 2.45) is 0 Å². The summed E-state index contributed by atoms with van der Waals surface area (Å²) in [7, 11) is 5.05. The Balaban J connectivity index is 1.81. The van der Waals surface area contributed by atoms with Crippen LogP contribution in [-0.4, -0.2) is 63.7 Å². The monoisotopic (exact) mass is 335 g/mol. The molecular formula is C17H25N3O4. The van der Waals surface area contributed by atoms with Crippen LogP contribution in [0.1, 0.15) is 12.0 Å². The number of hydrogen-bond donors (Lipinski definition) is 2. The number of piperazine rings is 1. The number of nitrogens with one attached hydrogen (secondary N) is 2. The average Bonchev–Trinajstić information content (AvgIpc) is 2.58. The molecule has 7 nitrogen and oxygen atoms in total. The molecule has 7 heteroatoms. The molecular weight excluding hydrogens is 310 g/mol. The number of carbonyl (C=O) groups excluding carboxylic acids is 2. The predicted octanol–water partition coefficient (Wildman–Crippen LogP) is 0.183. The predicted molar refractivity (Wildman–Crippen MR) is 90.3 cm³/mol. The number of carbonyl (C=O) groups is 2. The molecule has 2 rings (SSSR count). The fraction of sp³-hybridized carbons (Fsp3) is 0.529. The average molecular weight is 335 g/mol. The first-order chi connectivity index (χ1) is 11.5. The third kappa shape index (κ3) is 4.61. The standard InChI is InChI=1S/C17H25N3O4/c1-20-9-8-19-17(22)13(20)11-16(21)18-7-6-12-4-5-14(23-2)15(10-12)24-3/h4-5,10,13H,6-9,11H2,1-3H3,(H,18,21)(H,19,22)/t13-/m0/s1. The minimum atomic E-state index is -0.389. The molecule has 0 saturated carbocycles. The van der Waals surface area contributed by atoms with E-state index in [9.17, 15) is 9.59 Å². The molecule has 24 heavy (non-hydrogen) atoms. The van der Waals surface area contributed by atoms with Gasteiger partial charge in [0.2, 0.25) is 11.8 Å². The van der Waals surface area contributed by atoms with Crippen molar-refractivity contribution in [3.05, 3.63) is 23.8 Å². The highest BCUT2D eigenvalue weighted by molar-refractivity contribution is 5.88. The Hall–Kier alpha value is -2.28. The summed E-state index contributed by atoms with van der Waals surface area (Å²) in [6, 6.07) is 5.29. The Morgan fingerprint density at radius 2 is 2.08 bits per heavy atom. The summed E-state index contributed by atoms with van der Waals surface area (Å²) in [5, 5.41) is 5.65. The maximum Gasteiger partial charge on any atom is 0.237 e. The third-order valence-electron chi connectivity index (χ3n) is 4.16. The first-order valence-corrected chi connectivity index (χ1v) is 8.00. The van der Waals surface area contributed by atoms with Crippen LogP contribution in [-0.2, 0) is 16.0 Å². The largest absolute Gasteiger partial charge is 0.493 e. The van der Waals surface area contributed by atoms with Crippen LogP contribution in [0.3, 0.4) is 0 Å². The van der Waals surface area contributed by atoms with Gasteiger partial charge >= 0.3 is 0 Å². The molecule has 1 aliphatic rings. The zero-order valence-corrected chi connectivity index (χ0v) is 14.4. The molecule has 1 aromatic rings. The van der Waals surface area contributed by atoms with Gasteiger partial charge in [0.1, 0.15) is 0 Å². The first-order valence-electron chi connectivity index (χ1n) is 8.00. The molecule has 1 aliphatic heterocycles. The molecule has 2 N–H and O–H groups in total. The lowest BCUT2D eigenvalue weighted by atomic mass is 10.1. The van der Waals surface area contributed by atoms with Crippen molar-refractivity contribution >= 4 is 11.8 Å². The molecule has 1 atom stereocenters. The van der Waals surface area contributed by atoms with Crippen LogP contribution in [0.15, 0.2) is 18.2 Å². The van der Waals surface area contributed by atoms with E-state index in [-0.39, 0.29) is 24.3 Å². The van der Waals surface area contributed by atoms with Crippen LogP contribution >= 0.6 is 0 Å². The second kappa shape index (κ2) is 8.54. The van der Waals surface area contributed by atoms with Crippen LogP contribution in [0.4, 0.5) is 0 Å². The number of rotatable bonds is 7. The van der Waals surface area contributed by atoms with Gasteiger partial charge in [0.05, 0.1) is 26.7 Å². The van der Waals surface area contributed by atoms with E-state index >= 15 is 0 Å². The number of nitrogens with zero attached hydrogens (tertiary/aromatic N) is 1. The van der Waals surface area contributed by atoms with Gasteiger partial charge in [-0.25, -0.2) is 0 Å². The lowest BCUT2D eigenvalue weighted by Gasteiger charge is -2.31. The summed E-state index contributed by atoms with van der Waals surface area (Å²) >= 11 is 0. The highest BCUT2D eigenvalue weighted by Crippen LogP contribution is 2.27. The van der Waals surface area contributed by atoms with Gasteiger partial charge < -0.3 is 20.1 Å². The van der Waals surface area contributed by atoms with Crippen molar-refractivity contribution < 1.29 is 19.1 Å². The van der Waals surface area contributed by atoms with Crippen molar-refractivity contribution in [3.63, 3.8) is 0 Å². The minimum Gasteiger partial charge on any atom is -0.493 e. The maximum atomic E-state index is 12.1. The van der Waals surface area contributed by atoms with Crippen molar-refractivity contribution in [1.29, 1.82) is 0 Å². The fourth-order valence-corrected chi connectivity index (χ4v) is 2.71. The van der Waals surface area contributed by atoms with E-state index < -0.39 is 0 Å². The van der Waals surface area contributed by atoms with Crippen LogP contribution in [0.2, 0.25) is 0 Å². The van der Waals surface area contributed by atoms with E-state index in [1.54, 1.807) is 14.2 Å². The van der Waals surface area contributed by atoms with Gasteiger partial charge in [0.25, 0.3) is 0 Å². The number of methoxy groups -OCH3 is 2. The number of amides is 2. The van der Waals surface area contributed by atoms with Gasteiger partial charge in [-0.1, -0.05) is 6.07 Å². The topological polar surface area (TPSA) is 79.9 Å². The summed E-state index contributed by atoms with van der Waals surface area (Å²) < 4.78 is 10.5. The van der Waals surface area contributed by atoms with E-state index in [0.717, 1.165) is 12.1 Å². The zero-order valence-electron chi connectivity index (χ0n) is 14.4. The Morgan fingerprint density at radius 1 is 1.33 bits per heavy atom. The molecule has 1 heterocycles. The summed E-state index contributed by atoms with van der Waals surface area (Å²) in [5.41, 5.74) is 1.04. The van der Waals surface area contributed by atoms with Crippen molar-refractivity contribution in [3.8, 4) is 11.5 Å². The van der Waals surface area contributed by atoms with Gasteiger partial charge in [-0.05, 0) is 31.2 Å². The molecule has 0 radical (unpaired) electrons. The zero-order chi connectivity index (χ0) is 17.5. The van der Waals surface area contributed by atoms with E-state index in [4.69, 9.17) is 9.47 Å². The molecule has 0 bridgehead atoms. The van der Waals surface area contributed by atoms with Crippen LogP contribution in [0, 0.1) is 0 Å². The molecule has 0 aromatic heterocycles. The van der Waals surface area contributed by atoms with Gasteiger partial charge in [-0.2, -0.15) is 0 Å². The van der Waals surface area contributed by atoms with E-state index in [0.29, 0.717) is 31.0 Å². The molecule has 1 fully saturated rings. The van der Waals surface area contributed by atoms with E-state index in [1.165, 1.54) is 0 Å². The fourth-order valence-electron chi connectivity index (χ4n) is 2.71. The maximum absolute atomic E-state index is 12.1. The van der Waals surface area contributed by atoms with Crippen LogP contribution < -0.4 is 20.1 Å². The SMILES string of the molecule is COc1ccc(CCNC(=O)C[C@H]2C(=O)NCCN2C)cc1OC. The Labute approximate surface area is 142 Å². The van der Waals surface area contributed by atoms with Crippen LogP contribution in [0.25, 0.3) is 0 Å². The first kappa shape index (κ1) is 18.1. The van der Waals surface area contributed by atoms with Crippen molar-refractivity contribution in [2.75, 3.05) is 40.9 Å².